The Kier molecular flexibility index (Phi) is 5.87. The second-order valence-electron chi connectivity index (χ2n) is 6.61. The number of amides is 1. The van der Waals surface area contributed by atoms with Gasteiger partial charge in [0.25, 0.3) is 0 Å². The van der Waals surface area contributed by atoms with Gasteiger partial charge in [0.1, 0.15) is 10.6 Å². The molecule has 152 valence electrons. The Morgan fingerprint density at radius 2 is 1.93 bits per heavy atom. The fraction of sp³-hybridized carbons (Fsp3) is 0.136. The molecule has 4 aromatic rings. The van der Waals surface area contributed by atoms with Gasteiger partial charge in [-0.15, -0.1) is 11.3 Å². The number of carbonyl (C=O) groups excluding carboxylic acids is 2. The third-order valence-electron chi connectivity index (χ3n) is 4.50. The van der Waals surface area contributed by atoms with E-state index in [0.29, 0.717) is 15.7 Å². The molecule has 0 unspecified atom stereocenters. The Morgan fingerprint density at radius 1 is 1.17 bits per heavy atom. The summed E-state index contributed by atoms with van der Waals surface area (Å²) >= 11 is 2.62. The van der Waals surface area contributed by atoms with Crippen LogP contribution in [0.4, 0.5) is 5.00 Å². The number of ether oxygens (including phenoxy) is 1. The zero-order valence-electron chi connectivity index (χ0n) is 16.4. The summed E-state index contributed by atoms with van der Waals surface area (Å²) in [4.78, 5) is 32.6. The van der Waals surface area contributed by atoms with Crippen LogP contribution in [-0.4, -0.2) is 34.7 Å². The van der Waals surface area contributed by atoms with Crippen LogP contribution < -0.4 is 5.32 Å². The van der Waals surface area contributed by atoms with Gasteiger partial charge in [-0.05, 0) is 24.6 Å². The smallest absolute Gasteiger partial charge is 0.341 e. The second kappa shape index (κ2) is 8.73. The van der Waals surface area contributed by atoms with Crippen LogP contribution in [0.2, 0.25) is 0 Å². The summed E-state index contributed by atoms with van der Waals surface area (Å²) in [5.41, 5.74) is 4.92. The van der Waals surface area contributed by atoms with Crippen LogP contribution >= 0.6 is 23.1 Å². The van der Waals surface area contributed by atoms with Crippen molar-refractivity contribution in [3.63, 3.8) is 0 Å². The van der Waals surface area contributed by atoms with Crippen molar-refractivity contribution in [2.24, 2.45) is 0 Å². The number of hydrogen-bond donors (Lipinski definition) is 2. The molecule has 4 rings (SSSR count). The summed E-state index contributed by atoms with van der Waals surface area (Å²) in [5, 5.41) is 5.86. The molecule has 0 saturated heterocycles. The molecule has 0 radical (unpaired) electrons. The number of thiophene rings is 1. The maximum Gasteiger partial charge on any atom is 0.341 e. The van der Waals surface area contributed by atoms with Gasteiger partial charge in [0, 0.05) is 10.9 Å². The predicted molar refractivity (Wildman–Crippen MR) is 121 cm³/mol. The van der Waals surface area contributed by atoms with Crippen molar-refractivity contribution >= 4 is 51.0 Å². The summed E-state index contributed by atoms with van der Waals surface area (Å²) in [6.07, 6.45) is 0. The van der Waals surface area contributed by atoms with Crippen molar-refractivity contribution < 1.29 is 14.3 Å². The molecule has 0 atom stereocenters. The monoisotopic (exact) mass is 437 g/mol. The number of hydrogen-bond acceptors (Lipinski definition) is 6. The minimum absolute atomic E-state index is 0.165. The maximum atomic E-state index is 12.5. The third kappa shape index (κ3) is 4.24. The molecule has 6 nitrogen and oxygen atoms in total. The number of aromatic amines is 1. The largest absolute Gasteiger partial charge is 0.465 e. The summed E-state index contributed by atoms with van der Waals surface area (Å²) < 4.78 is 4.96. The van der Waals surface area contributed by atoms with E-state index in [1.54, 1.807) is 0 Å². The van der Waals surface area contributed by atoms with Crippen molar-refractivity contribution in [3.8, 4) is 11.1 Å². The average molecular weight is 438 g/mol. The number of esters is 1. The van der Waals surface area contributed by atoms with Gasteiger partial charge in [-0.2, -0.15) is 0 Å². The number of aryl methyl sites for hydroxylation is 1. The van der Waals surface area contributed by atoms with E-state index < -0.39 is 5.97 Å². The van der Waals surface area contributed by atoms with Gasteiger partial charge in [0.15, 0.2) is 5.16 Å². The molecule has 2 aromatic carbocycles. The van der Waals surface area contributed by atoms with Crippen molar-refractivity contribution in [3.05, 3.63) is 65.0 Å². The number of para-hydroxylation sites is 2. The fourth-order valence-electron chi connectivity index (χ4n) is 2.99. The van der Waals surface area contributed by atoms with E-state index in [2.05, 4.69) is 15.3 Å². The molecule has 0 fully saturated rings. The standard InChI is InChI=1S/C22H19N3O3S2/c1-13-7-9-14(10-8-13)15-11-29-20(19(15)21(27)28-2)25-18(26)12-30-22-23-16-5-3-4-6-17(16)24-22/h3-11H,12H2,1-2H3,(H,23,24)(H,25,26). The summed E-state index contributed by atoms with van der Waals surface area (Å²) in [6, 6.07) is 15.6. The first-order valence-corrected chi connectivity index (χ1v) is 11.1. The topological polar surface area (TPSA) is 84.1 Å². The molecule has 0 aliphatic rings. The van der Waals surface area contributed by atoms with Crippen LogP contribution in [-0.2, 0) is 9.53 Å². The van der Waals surface area contributed by atoms with Gasteiger partial charge in [-0.1, -0.05) is 53.7 Å². The SMILES string of the molecule is COC(=O)c1c(-c2ccc(C)cc2)csc1NC(=O)CSc1nc2ccccc2[nH]1. The molecule has 0 bridgehead atoms. The fourth-order valence-corrected chi connectivity index (χ4v) is 4.65. The van der Waals surface area contributed by atoms with Gasteiger partial charge in [-0.25, -0.2) is 9.78 Å². The van der Waals surface area contributed by atoms with Crippen LogP contribution in [0.15, 0.2) is 59.1 Å². The molecule has 2 N–H and O–H groups in total. The number of imidazole rings is 1. The molecule has 30 heavy (non-hydrogen) atoms. The Labute approximate surface area is 181 Å². The lowest BCUT2D eigenvalue weighted by atomic mass is 10.0. The highest BCUT2D eigenvalue weighted by Gasteiger charge is 2.22. The lowest BCUT2D eigenvalue weighted by molar-refractivity contribution is -0.113. The predicted octanol–water partition coefficient (Wildman–Crippen LogP) is 5.12. The first-order valence-electron chi connectivity index (χ1n) is 9.19. The van der Waals surface area contributed by atoms with Gasteiger partial charge in [0.2, 0.25) is 5.91 Å². The van der Waals surface area contributed by atoms with Gasteiger partial charge >= 0.3 is 5.97 Å². The lowest BCUT2D eigenvalue weighted by Gasteiger charge is -2.08. The van der Waals surface area contributed by atoms with Crippen molar-refractivity contribution in [2.75, 3.05) is 18.2 Å². The number of anilines is 1. The van der Waals surface area contributed by atoms with Crippen LogP contribution in [0.5, 0.6) is 0 Å². The minimum Gasteiger partial charge on any atom is -0.465 e. The number of rotatable bonds is 6. The number of aromatic nitrogens is 2. The summed E-state index contributed by atoms with van der Waals surface area (Å²) in [7, 11) is 1.34. The number of thioether (sulfide) groups is 1. The maximum absolute atomic E-state index is 12.5. The van der Waals surface area contributed by atoms with Gasteiger partial charge < -0.3 is 15.0 Å². The molecule has 0 aliphatic carbocycles. The van der Waals surface area contributed by atoms with Gasteiger partial charge in [0.05, 0.1) is 23.9 Å². The van der Waals surface area contributed by atoms with E-state index in [1.165, 1.54) is 30.2 Å². The summed E-state index contributed by atoms with van der Waals surface area (Å²) in [5.74, 6) is -0.534. The van der Waals surface area contributed by atoms with Crippen molar-refractivity contribution in [2.45, 2.75) is 12.1 Å². The summed E-state index contributed by atoms with van der Waals surface area (Å²) in [6.45, 7) is 2.00. The quantitative estimate of drug-likeness (QED) is 0.323. The van der Waals surface area contributed by atoms with Crippen LogP contribution in [0.1, 0.15) is 15.9 Å². The average Bonchev–Trinajstić information content (AvgIpc) is 3.36. The van der Waals surface area contributed by atoms with E-state index in [-0.39, 0.29) is 11.7 Å². The number of benzene rings is 2. The van der Waals surface area contributed by atoms with Crippen LogP contribution in [0.25, 0.3) is 22.2 Å². The molecule has 0 aliphatic heterocycles. The van der Waals surface area contributed by atoms with Crippen LogP contribution in [0, 0.1) is 6.92 Å². The molecular weight excluding hydrogens is 418 g/mol. The number of fused-ring (bicyclic) bond motifs is 1. The highest BCUT2D eigenvalue weighted by molar-refractivity contribution is 7.99. The number of nitrogens with one attached hydrogen (secondary N) is 2. The second-order valence-corrected chi connectivity index (χ2v) is 8.45. The van der Waals surface area contributed by atoms with Crippen LogP contribution in [0.3, 0.4) is 0 Å². The van der Waals surface area contributed by atoms with E-state index >= 15 is 0 Å². The Bertz CT molecular complexity index is 1180. The molecular formula is C22H19N3O3S2. The molecule has 2 heterocycles. The molecule has 1 amide bonds. The Balaban J connectivity index is 1.51. The van der Waals surface area contributed by atoms with Crippen molar-refractivity contribution in [1.82, 2.24) is 9.97 Å². The molecule has 0 saturated carbocycles. The minimum atomic E-state index is -0.480. The number of methoxy groups -OCH3 is 1. The highest BCUT2D eigenvalue weighted by Crippen LogP contribution is 2.36. The van der Waals surface area contributed by atoms with E-state index in [0.717, 1.165) is 27.7 Å². The number of carbonyl (C=O) groups is 2. The molecule has 2 aromatic heterocycles. The normalized spacial score (nSPS) is 10.9. The molecule has 8 heteroatoms. The first-order chi connectivity index (χ1) is 14.5. The third-order valence-corrected chi connectivity index (χ3v) is 6.27. The lowest BCUT2D eigenvalue weighted by Crippen LogP contribution is -2.16. The van der Waals surface area contributed by atoms with E-state index in [9.17, 15) is 9.59 Å². The van der Waals surface area contributed by atoms with Gasteiger partial charge in [-0.3, -0.25) is 4.79 Å². The first kappa shape index (κ1) is 20.2. The van der Waals surface area contributed by atoms with E-state index in [1.807, 2.05) is 60.8 Å². The number of H-pyrrole nitrogens is 1. The highest BCUT2D eigenvalue weighted by atomic mass is 32.2. The zero-order chi connectivity index (χ0) is 21.1. The number of nitrogens with zero attached hydrogens (tertiary/aromatic N) is 1. The molecule has 0 spiro atoms. The Hall–Kier alpha value is -3.10. The Morgan fingerprint density at radius 3 is 2.67 bits per heavy atom. The zero-order valence-corrected chi connectivity index (χ0v) is 18.0. The van der Waals surface area contributed by atoms with E-state index in [4.69, 9.17) is 4.74 Å². The van der Waals surface area contributed by atoms with Crippen molar-refractivity contribution in [1.29, 1.82) is 0 Å².